The Labute approximate surface area is 133 Å². The van der Waals surface area contributed by atoms with Crippen molar-refractivity contribution in [3.63, 3.8) is 0 Å². The first-order chi connectivity index (χ1) is 11.1. The molecule has 23 heavy (non-hydrogen) atoms. The molecule has 0 bridgehead atoms. The zero-order valence-corrected chi connectivity index (χ0v) is 12.7. The zero-order chi connectivity index (χ0) is 16.4. The first kappa shape index (κ1) is 15.4. The summed E-state index contributed by atoms with van der Waals surface area (Å²) < 4.78 is 25.9. The van der Waals surface area contributed by atoms with Crippen molar-refractivity contribution in [1.29, 1.82) is 0 Å². The molecule has 1 atom stereocenters. The molecule has 1 aliphatic rings. The number of benzene rings is 1. The van der Waals surface area contributed by atoms with Crippen LogP contribution in [0.1, 0.15) is 29.0 Å². The molecule has 0 radical (unpaired) electrons. The Morgan fingerprint density at radius 1 is 1.48 bits per heavy atom. The normalized spacial score (nSPS) is 17.1. The summed E-state index contributed by atoms with van der Waals surface area (Å²) in [6.07, 6.45) is 2.53. The number of esters is 1. The van der Waals surface area contributed by atoms with E-state index in [9.17, 15) is 9.18 Å². The maximum absolute atomic E-state index is 14.1. The van der Waals surface area contributed by atoms with Crippen LogP contribution in [0.2, 0.25) is 0 Å². The van der Waals surface area contributed by atoms with Gasteiger partial charge in [0.25, 0.3) is 0 Å². The third-order valence-electron chi connectivity index (χ3n) is 3.95. The van der Waals surface area contributed by atoms with Crippen molar-refractivity contribution < 1.29 is 18.7 Å². The number of aromatic nitrogens is 2. The number of halogens is 1. The zero-order valence-electron chi connectivity index (χ0n) is 12.7. The van der Waals surface area contributed by atoms with Crippen molar-refractivity contribution in [3.05, 3.63) is 66.3 Å². The van der Waals surface area contributed by atoms with Crippen LogP contribution in [0.15, 0.2) is 49.2 Å². The van der Waals surface area contributed by atoms with Crippen LogP contribution >= 0.6 is 0 Å². The molecule has 1 saturated heterocycles. The number of carbonyl (C=O) groups is 1. The molecule has 1 aromatic carbocycles. The monoisotopic (exact) mass is 316 g/mol. The molecule has 1 aromatic heterocycles. The van der Waals surface area contributed by atoms with Gasteiger partial charge in [0.2, 0.25) is 0 Å². The highest BCUT2D eigenvalue weighted by Crippen LogP contribution is 2.27. The van der Waals surface area contributed by atoms with Crippen molar-refractivity contribution in [1.82, 2.24) is 9.78 Å². The van der Waals surface area contributed by atoms with E-state index in [1.807, 2.05) is 37.3 Å². The van der Waals surface area contributed by atoms with Crippen LogP contribution in [-0.4, -0.2) is 34.6 Å². The number of rotatable bonds is 5. The van der Waals surface area contributed by atoms with E-state index in [-0.39, 0.29) is 24.9 Å². The van der Waals surface area contributed by atoms with Crippen LogP contribution in [0, 0.1) is 5.82 Å². The Bertz CT molecular complexity index is 723. The second-order valence-electron chi connectivity index (χ2n) is 5.52. The summed E-state index contributed by atoms with van der Waals surface area (Å²) in [6.45, 7) is 5.94. The number of nitrogens with zero attached hydrogens (tertiary/aromatic N) is 2. The molecule has 0 unspecified atom stereocenters. The van der Waals surface area contributed by atoms with Gasteiger partial charge in [0.1, 0.15) is 0 Å². The van der Waals surface area contributed by atoms with Gasteiger partial charge in [-0.25, -0.2) is 13.9 Å². The number of hydrogen-bond acceptors (Lipinski definition) is 4. The van der Waals surface area contributed by atoms with E-state index in [1.165, 1.54) is 10.8 Å². The molecule has 2 heterocycles. The number of ether oxygens (including phenoxy) is 2. The molecule has 0 amide bonds. The van der Waals surface area contributed by atoms with Crippen LogP contribution in [0.3, 0.4) is 0 Å². The lowest BCUT2D eigenvalue weighted by Crippen LogP contribution is -2.51. The maximum Gasteiger partial charge on any atom is 0.360 e. The van der Waals surface area contributed by atoms with Crippen LogP contribution in [0.5, 0.6) is 0 Å². The summed E-state index contributed by atoms with van der Waals surface area (Å²) >= 11 is 0. The predicted octanol–water partition coefficient (Wildman–Crippen LogP) is 2.74. The minimum Gasteiger partial charge on any atom is -0.445 e. The lowest BCUT2D eigenvalue weighted by atomic mass is 10.0. The minimum atomic E-state index is -0.880. The minimum absolute atomic E-state index is 0.200. The Hall–Kier alpha value is -2.47. The molecular formula is C17H17FN2O3. The fourth-order valence-corrected chi connectivity index (χ4v) is 2.45. The molecule has 0 saturated carbocycles. The fourth-order valence-electron chi connectivity index (χ4n) is 2.45. The van der Waals surface area contributed by atoms with Crippen molar-refractivity contribution in [2.75, 3.05) is 13.2 Å². The van der Waals surface area contributed by atoms with E-state index < -0.39 is 17.4 Å². The summed E-state index contributed by atoms with van der Waals surface area (Å²) in [6, 6.07) is 9.12. The molecule has 6 heteroatoms. The van der Waals surface area contributed by atoms with E-state index in [2.05, 4.69) is 11.7 Å². The fraction of sp³-hybridized carbons (Fsp3) is 0.294. The van der Waals surface area contributed by atoms with Crippen molar-refractivity contribution in [3.8, 4) is 0 Å². The van der Waals surface area contributed by atoms with E-state index >= 15 is 0 Å². The Balaban J connectivity index is 1.89. The van der Waals surface area contributed by atoms with Gasteiger partial charge in [-0.3, -0.25) is 0 Å². The molecule has 1 aliphatic heterocycles. The predicted molar refractivity (Wildman–Crippen MR) is 81.6 cm³/mol. The van der Waals surface area contributed by atoms with Crippen molar-refractivity contribution in [2.45, 2.75) is 18.6 Å². The number of carbonyl (C=O) groups excluding carboxylic acids is 1. The van der Waals surface area contributed by atoms with Gasteiger partial charge in [-0.1, -0.05) is 36.9 Å². The van der Waals surface area contributed by atoms with Crippen LogP contribution in [-0.2, 0) is 9.47 Å². The van der Waals surface area contributed by atoms with Gasteiger partial charge < -0.3 is 9.47 Å². The van der Waals surface area contributed by atoms with Gasteiger partial charge >= 0.3 is 5.97 Å². The van der Waals surface area contributed by atoms with Gasteiger partial charge in [-0.15, -0.1) is 0 Å². The lowest BCUT2D eigenvalue weighted by Gasteiger charge is -2.37. The van der Waals surface area contributed by atoms with Crippen LogP contribution in [0.25, 0.3) is 0 Å². The molecule has 0 spiro atoms. The summed E-state index contributed by atoms with van der Waals surface area (Å²) in [5, 5.41) is 4.00. The molecule has 120 valence electrons. The first-order valence-electron chi connectivity index (χ1n) is 7.29. The van der Waals surface area contributed by atoms with Crippen molar-refractivity contribution >= 4 is 5.97 Å². The van der Waals surface area contributed by atoms with Crippen LogP contribution < -0.4 is 0 Å². The maximum atomic E-state index is 14.1. The smallest absolute Gasteiger partial charge is 0.360 e. The van der Waals surface area contributed by atoms with E-state index in [0.29, 0.717) is 0 Å². The highest BCUT2D eigenvalue weighted by Gasteiger charge is 2.41. The topological polar surface area (TPSA) is 53.3 Å². The van der Waals surface area contributed by atoms with E-state index in [4.69, 9.17) is 9.47 Å². The molecule has 2 aromatic rings. The largest absolute Gasteiger partial charge is 0.445 e. The van der Waals surface area contributed by atoms with Crippen LogP contribution in [0.4, 0.5) is 4.39 Å². The average Bonchev–Trinajstić information content (AvgIpc) is 2.92. The summed E-state index contributed by atoms with van der Waals surface area (Å²) in [7, 11) is 0. The van der Waals surface area contributed by atoms with Gasteiger partial charge in [0.05, 0.1) is 25.5 Å². The molecule has 0 N–H and O–H groups in total. The van der Waals surface area contributed by atoms with Gasteiger partial charge in [-0.05, 0) is 18.6 Å². The van der Waals surface area contributed by atoms with Gasteiger partial charge in [0.15, 0.2) is 17.1 Å². The molecule has 1 fully saturated rings. The third-order valence-corrected chi connectivity index (χ3v) is 3.95. The Morgan fingerprint density at radius 2 is 2.17 bits per heavy atom. The SMILES string of the molecule is C=CC1(OC(=O)c2c(F)cnn2[C@H](C)c2ccccc2)COC1. The summed E-state index contributed by atoms with van der Waals surface area (Å²) in [4.78, 5) is 12.4. The lowest BCUT2D eigenvalue weighted by molar-refractivity contribution is -0.152. The summed E-state index contributed by atoms with van der Waals surface area (Å²) in [5.41, 5.74) is -0.168. The second kappa shape index (κ2) is 5.96. The molecular weight excluding hydrogens is 299 g/mol. The summed E-state index contributed by atoms with van der Waals surface area (Å²) in [5.74, 6) is -1.48. The second-order valence-corrected chi connectivity index (χ2v) is 5.52. The quantitative estimate of drug-likeness (QED) is 0.629. The molecule has 5 nitrogen and oxygen atoms in total. The Kier molecular flexibility index (Phi) is 4.00. The molecule has 0 aliphatic carbocycles. The Morgan fingerprint density at radius 3 is 2.74 bits per heavy atom. The average molecular weight is 316 g/mol. The first-order valence-corrected chi connectivity index (χ1v) is 7.29. The van der Waals surface area contributed by atoms with Gasteiger partial charge in [0, 0.05) is 0 Å². The van der Waals surface area contributed by atoms with E-state index in [1.54, 1.807) is 0 Å². The third kappa shape index (κ3) is 2.77. The van der Waals surface area contributed by atoms with E-state index in [0.717, 1.165) is 11.8 Å². The highest BCUT2D eigenvalue weighted by atomic mass is 19.1. The highest BCUT2D eigenvalue weighted by molar-refractivity contribution is 5.88. The van der Waals surface area contributed by atoms with Crippen molar-refractivity contribution in [2.24, 2.45) is 0 Å². The standard InChI is InChI=1S/C17H17FN2O3/c1-3-17(10-22-11-17)23-16(21)15-14(18)9-19-20(15)12(2)13-7-5-4-6-8-13/h3-9,12H,1,10-11H2,2H3/t12-/m1/s1. The number of hydrogen-bond donors (Lipinski definition) is 0. The van der Waals surface area contributed by atoms with Gasteiger partial charge in [-0.2, -0.15) is 5.10 Å². The molecule has 3 rings (SSSR count).